The monoisotopic (exact) mass is 307 g/mol. The van der Waals surface area contributed by atoms with Crippen molar-refractivity contribution >= 4 is 5.91 Å². The number of ether oxygens (including phenoxy) is 1. The Balaban J connectivity index is 2.14. The fraction of sp³-hybridized carbons (Fsp3) is 0.611. The van der Waals surface area contributed by atoms with Gasteiger partial charge in [0, 0.05) is 13.0 Å². The molecule has 1 saturated heterocycles. The number of benzene rings is 1. The van der Waals surface area contributed by atoms with Crippen LogP contribution in [0, 0.1) is 11.7 Å². The molecule has 0 N–H and O–H groups in total. The van der Waals surface area contributed by atoms with Gasteiger partial charge in [-0.05, 0) is 43.4 Å². The first-order valence-electron chi connectivity index (χ1n) is 7.95. The van der Waals surface area contributed by atoms with Gasteiger partial charge in [0.15, 0.2) is 0 Å². The molecule has 3 nitrogen and oxygen atoms in total. The van der Waals surface area contributed by atoms with E-state index in [0.717, 1.165) is 5.56 Å². The van der Waals surface area contributed by atoms with Crippen LogP contribution in [0.15, 0.2) is 24.3 Å². The highest BCUT2D eigenvalue weighted by molar-refractivity contribution is 5.78. The zero-order valence-corrected chi connectivity index (χ0v) is 13.9. The molecule has 1 amide bonds. The van der Waals surface area contributed by atoms with Crippen molar-refractivity contribution in [3.63, 3.8) is 0 Å². The van der Waals surface area contributed by atoms with Crippen LogP contribution in [0.4, 0.5) is 4.39 Å². The second kappa shape index (κ2) is 6.78. The topological polar surface area (TPSA) is 29.5 Å². The van der Waals surface area contributed by atoms with Gasteiger partial charge in [-0.25, -0.2) is 4.39 Å². The van der Waals surface area contributed by atoms with E-state index in [0.29, 0.717) is 32.1 Å². The Morgan fingerprint density at radius 1 is 1.32 bits per heavy atom. The second-order valence-corrected chi connectivity index (χ2v) is 7.02. The number of carbonyl (C=O) groups is 1. The van der Waals surface area contributed by atoms with Gasteiger partial charge < -0.3 is 9.64 Å². The average molecular weight is 307 g/mol. The van der Waals surface area contributed by atoms with Crippen molar-refractivity contribution in [1.82, 2.24) is 4.90 Å². The molecule has 1 aromatic carbocycles. The van der Waals surface area contributed by atoms with Gasteiger partial charge in [0.25, 0.3) is 0 Å². The molecule has 1 aliphatic heterocycles. The summed E-state index contributed by atoms with van der Waals surface area (Å²) in [5, 5.41) is 0. The zero-order chi connectivity index (χ0) is 16.3. The van der Waals surface area contributed by atoms with Crippen LogP contribution in [-0.4, -0.2) is 36.1 Å². The summed E-state index contributed by atoms with van der Waals surface area (Å²) in [7, 11) is 0. The molecule has 1 heterocycles. The maximum absolute atomic E-state index is 13.1. The Kier molecular flexibility index (Phi) is 5.22. The van der Waals surface area contributed by atoms with E-state index in [1.165, 1.54) is 12.1 Å². The number of nitrogens with zero attached hydrogens (tertiary/aromatic N) is 1. The van der Waals surface area contributed by atoms with Gasteiger partial charge in [-0.2, -0.15) is 0 Å². The summed E-state index contributed by atoms with van der Waals surface area (Å²) in [6.45, 7) is 10.1. The Hall–Kier alpha value is -1.42. The number of halogens is 1. The summed E-state index contributed by atoms with van der Waals surface area (Å²) in [4.78, 5) is 14.7. The van der Waals surface area contributed by atoms with Crippen LogP contribution in [0.25, 0.3) is 0 Å². The summed E-state index contributed by atoms with van der Waals surface area (Å²) < 4.78 is 18.6. The molecular formula is C18H26FNO2. The third kappa shape index (κ3) is 3.86. The van der Waals surface area contributed by atoms with Crippen LogP contribution in [0.5, 0.6) is 0 Å². The highest BCUT2D eigenvalue weighted by Gasteiger charge is 2.35. The van der Waals surface area contributed by atoms with E-state index in [-0.39, 0.29) is 23.2 Å². The van der Waals surface area contributed by atoms with Crippen molar-refractivity contribution < 1.29 is 13.9 Å². The van der Waals surface area contributed by atoms with Gasteiger partial charge >= 0.3 is 0 Å². The van der Waals surface area contributed by atoms with E-state index >= 15 is 0 Å². The summed E-state index contributed by atoms with van der Waals surface area (Å²) in [5.41, 5.74) is 0.760. The lowest BCUT2D eigenvalue weighted by atomic mass is 9.85. The molecule has 1 unspecified atom stereocenters. The Morgan fingerprint density at radius 2 is 1.95 bits per heavy atom. The van der Waals surface area contributed by atoms with Gasteiger partial charge in [-0.15, -0.1) is 0 Å². The van der Waals surface area contributed by atoms with Crippen molar-refractivity contribution in [2.45, 2.75) is 45.6 Å². The highest BCUT2D eigenvalue weighted by Crippen LogP contribution is 2.30. The maximum Gasteiger partial charge on any atom is 0.223 e. The Morgan fingerprint density at radius 3 is 2.50 bits per heavy atom. The number of hydrogen-bond acceptors (Lipinski definition) is 2. The molecule has 4 heteroatoms. The summed E-state index contributed by atoms with van der Waals surface area (Å²) in [6.07, 6.45) is 0.451. The molecule has 1 atom stereocenters. The van der Waals surface area contributed by atoms with Crippen LogP contribution in [0.3, 0.4) is 0 Å². The molecule has 22 heavy (non-hydrogen) atoms. The average Bonchev–Trinajstić information content (AvgIpc) is 2.45. The smallest absolute Gasteiger partial charge is 0.223 e. The molecule has 0 saturated carbocycles. The quantitative estimate of drug-likeness (QED) is 0.850. The van der Waals surface area contributed by atoms with E-state index in [4.69, 9.17) is 4.74 Å². The minimum absolute atomic E-state index is 0.103. The normalized spacial score (nSPS) is 19.3. The molecule has 1 aliphatic rings. The molecule has 0 aliphatic carbocycles. The fourth-order valence-corrected chi connectivity index (χ4v) is 3.07. The van der Waals surface area contributed by atoms with Gasteiger partial charge in [-0.1, -0.05) is 26.0 Å². The molecule has 1 fully saturated rings. The lowest BCUT2D eigenvalue weighted by Gasteiger charge is -2.43. The third-order valence-corrected chi connectivity index (χ3v) is 4.44. The van der Waals surface area contributed by atoms with E-state index in [2.05, 4.69) is 13.8 Å². The summed E-state index contributed by atoms with van der Waals surface area (Å²) >= 11 is 0. The SMILES string of the molecule is CC(C)C(CC(=O)N1CCOCC1(C)C)c1ccc(F)cc1. The molecule has 0 aromatic heterocycles. The minimum Gasteiger partial charge on any atom is -0.377 e. The Bertz CT molecular complexity index is 510. The molecule has 2 rings (SSSR count). The van der Waals surface area contributed by atoms with Gasteiger partial charge in [0.2, 0.25) is 5.91 Å². The maximum atomic E-state index is 13.1. The minimum atomic E-state index is -0.264. The predicted molar refractivity (Wildman–Crippen MR) is 85.2 cm³/mol. The van der Waals surface area contributed by atoms with Crippen molar-refractivity contribution in [1.29, 1.82) is 0 Å². The first-order valence-corrected chi connectivity index (χ1v) is 7.95. The Labute approximate surface area is 132 Å². The van der Waals surface area contributed by atoms with Crippen LogP contribution >= 0.6 is 0 Å². The van der Waals surface area contributed by atoms with E-state index in [9.17, 15) is 9.18 Å². The van der Waals surface area contributed by atoms with Crippen molar-refractivity contribution in [3.8, 4) is 0 Å². The fourth-order valence-electron chi connectivity index (χ4n) is 3.07. The highest BCUT2D eigenvalue weighted by atomic mass is 19.1. The van der Waals surface area contributed by atoms with Gasteiger partial charge in [0.05, 0.1) is 18.8 Å². The first kappa shape index (κ1) is 16.9. The lowest BCUT2D eigenvalue weighted by Crippen LogP contribution is -2.55. The molecule has 122 valence electrons. The first-order chi connectivity index (χ1) is 10.3. The standard InChI is InChI=1S/C18H26FNO2/c1-13(2)16(14-5-7-15(19)8-6-14)11-17(21)20-9-10-22-12-18(20,3)4/h5-8,13,16H,9-12H2,1-4H3. The van der Waals surface area contributed by atoms with Crippen LogP contribution in [0.2, 0.25) is 0 Å². The van der Waals surface area contributed by atoms with E-state index in [1.54, 1.807) is 12.1 Å². The second-order valence-electron chi connectivity index (χ2n) is 7.02. The van der Waals surface area contributed by atoms with Crippen LogP contribution < -0.4 is 0 Å². The largest absolute Gasteiger partial charge is 0.377 e. The molecule has 0 radical (unpaired) electrons. The van der Waals surface area contributed by atoms with Crippen molar-refractivity contribution in [3.05, 3.63) is 35.6 Å². The predicted octanol–water partition coefficient (Wildman–Crippen LogP) is 3.59. The van der Waals surface area contributed by atoms with Gasteiger partial charge in [-0.3, -0.25) is 4.79 Å². The molecule has 0 spiro atoms. The third-order valence-electron chi connectivity index (χ3n) is 4.44. The number of carbonyl (C=O) groups excluding carboxylic acids is 1. The number of morpholine rings is 1. The number of rotatable bonds is 4. The summed E-state index contributed by atoms with van der Waals surface area (Å²) in [6, 6.07) is 6.51. The van der Waals surface area contributed by atoms with E-state index in [1.807, 2.05) is 18.7 Å². The van der Waals surface area contributed by atoms with Crippen molar-refractivity contribution in [2.75, 3.05) is 19.8 Å². The number of hydrogen-bond donors (Lipinski definition) is 0. The molecule has 1 aromatic rings. The number of amides is 1. The molecule has 0 bridgehead atoms. The zero-order valence-electron chi connectivity index (χ0n) is 13.9. The van der Waals surface area contributed by atoms with Crippen LogP contribution in [0.1, 0.15) is 45.6 Å². The van der Waals surface area contributed by atoms with Crippen LogP contribution in [-0.2, 0) is 9.53 Å². The van der Waals surface area contributed by atoms with Gasteiger partial charge in [0.1, 0.15) is 5.82 Å². The summed E-state index contributed by atoms with van der Waals surface area (Å²) in [5.74, 6) is 0.327. The molecular weight excluding hydrogens is 281 g/mol. The van der Waals surface area contributed by atoms with Crippen molar-refractivity contribution in [2.24, 2.45) is 5.92 Å². The lowest BCUT2D eigenvalue weighted by molar-refractivity contribution is -0.146. The van der Waals surface area contributed by atoms with E-state index < -0.39 is 0 Å².